The largest absolute Gasteiger partial charge is 0.340 e. The summed E-state index contributed by atoms with van der Waals surface area (Å²) in [6.45, 7) is 3.89. The molecule has 1 aliphatic rings. The molecule has 162 valence electrons. The molecule has 3 rings (SSSR count). The van der Waals surface area contributed by atoms with E-state index in [9.17, 15) is 13.2 Å². The molecule has 30 heavy (non-hydrogen) atoms. The first kappa shape index (κ1) is 23.0. The molecule has 2 aromatic carbocycles. The molecule has 1 aliphatic heterocycles. The molecule has 1 fully saturated rings. The van der Waals surface area contributed by atoms with Gasteiger partial charge in [0.05, 0.1) is 11.1 Å². The van der Waals surface area contributed by atoms with Crippen LogP contribution in [0.15, 0.2) is 53.4 Å². The van der Waals surface area contributed by atoms with Gasteiger partial charge in [-0.3, -0.25) is 9.69 Å². The molecule has 1 atom stereocenters. The average Bonchev–Trinajstić information content (AvgIpc) is 2.75. The van der Waals surface area contributed by atoms with Gasteiger partial charge in [0, 0.05) is 44.8 Å². The Morgan fingerprint density at radius 2 is 1.70 bits per heavy atom. The molecule has 1 saturated heterocycles. The van der Waals surface area contributed by atoms with Crippen LogP contribution in [0.25, 0.3) is 0 Å². The van der Waals surface area contributed by atoms with Crippen molar-refractivity contribution >= 4 is 39.1 Å². The van der Waals surface area contributed by atoms with Crippen molar-refractivity contribution in [2.24, 2.45) is 0 Å². The molecule has 9 heteroatoms. The fraction of sp³-hybridized carbons (Fsp3) is 0.381. The summed E-state index contributed by atoms with van der Waals surface area (Å²) in [5, 5.41) is 0.463. The zero-order valence-corrected chi connectivity index (χ0v) is 19.3. The Kier molecular flexibility index (Phi) is 7.42. The van der Waals surface area contributed by atoms with Crippen LogP contribution in [0.3, 0.4) is 0 Å². The quantitative estimate of drug-likeness (QED) is 0.650. The van der Waals surface area contributed by atoms with Crippen LogP contribution in [0.2, 0.25) is 10.0 Å². The second-order valence-corrected chi connectivity index (χ2v) is 10.1. The van der Waals surface area contributed by atoms with E-state index < -0.39 is 10.0 Å². The number of amides is 1. The highest BCUT2D eigenvalue weighted by Gasteiger charge is 2.33. The Morgan fingerprint density at radius 3 is 2.33 bits per heavy atom. The topological polar surface area (TPSA) is 60.9 Å². The van der Waals surface area contributed by atoms with E-state index in [-0.39, 0.29) is 35.0 Å². The SMILES string of the molecule is C[C@@H](C(=O)N(C)Cc1ccccc1)N1CCN(S(=O)(=O)c2cc(Cl)ccc2Cl)CC1. The van der Waals surface area contributed by atoms with Gasteiger partial charge in [0.15, 0.2) is 0 Å². The molecule has 0 aliphatic carbocycles. The predicted molar refractivity (Wildman–Crippen MR) is 119 cm³/mol. The van der Waals surface area contributed by atoms with Crippen molar-refractivity contribution in [1.29, 1.82) is 0 Å². The Bertz CT molecular complexity index is 994. The van der Waals surface area contributed by atoms with E-state index in [1.54, 1.807) is 18.0 Å². The summed E-state index contributed by atoms with van der Waals surface area (Å²) in [5.41, 5.74) is 1.06. The minimum Gasteiger partial charge on any atom is -0.340 e. The van der Waals surface area contributed by atoms with Gasteiger partial charge in [0.2, 0.25) is 15.9 Å². The van der Waals surface area contributed by atoms with Crippen LogP contribution >= 0.6 is 23.2 Å². The minimum absolute atomic E-state index is 0.00745. The second kappa shape index (κ2) is 9.66. The normalized spacial score (nSPS) is 16.9. The number of carbonyl (C=O) groups is 1. The Morgan fingerprint density at radius 1 is 1.07 bits per heavy atom. The number of halogens is 2. The number of hydrogen-bond acceptors (Lipinski definition) is 4. The molecular weight excluding hydrogens is 445 g/mol. The molecule has 0 N–H and O–H groups in total. The molecule has 2 aromatic rings. The molecule has 1 heterocycles. The average molecular weight is 470 g/mol. The number of rotatable bonds is 6. The monoisotopic (exact) mass is 469 g/mol. The summed E-state index contributed by atoms with van der Waals surface area (Å²) < 4.78 is 27.3. The number of piperazine rings is 1. The van der Waals surface area contributed by atoms with Crippen LogP contribution in [0, 0.1) is 0 Å². The molecule has 0 bridgehead atoms. The van der Waals surface area contributed by atoms with Gasteiger partial charge >= 0.3 is 0 Å². The van der Waals surface area contributed by atoms with E-state index in [2.05, 4.69) is 0 Å². The highest BCUT2D eigenvalue weighted by atomic mass is 35.5. The third kappa shape index (κ3) is 5.15. The first-order chi connectivity index (χ1) is 14.2. The Hall–Kier alpha value is -1.64. The van der Waals surface area contributed by atoms with Gasteiger partial charge in [0.1, 0.15) is 4.90 Å². The molecule has 0 saturated carbocycles. The zero-order chi connectivity index (χ0) is 21.9. The number of benzene rings is 2. The molecule has 0 spiro atoms. The van der Waals surface area contributed by atoms with Crippen LogP contribution in [0.1, 0.15) is 12.5 Å². The lowest BCUT2D eigenvalue weighted by atomic mass is 10.2. The lowest BCUT2D eigenvalue weighted by Crippen LogP contribution is -2.55. The first-order valence-electron chi connectivity index (χ1n) is 9.68. The summed E-state index contributed by atoms with van der Waals surface area (Å²) in [4.78, 5) is 16.6. The van der Waals surface area contributed by atoms with Crippen LogP contribution in [-0.2, 0) is 21.4 Å². The highest BCUT2D eigenvalue weighted by Crippen LogP contribution is 2.28. The van der Waals surface area contributed by atoms with Gasteiger partial charge in [-0.25, -0.2) is 8.42 Å². The van der Waals surface area contributed by atoms with Gasteiger partial charge in [0.25, 0.3) is 0 Å². The number of hydrogen-bond donors (Lipinski definition) is 0. The van der Waals surface area contributed by atoms with E-state index in [4.69, 9.17) is 23.2 Å². The van der Waals surface area contributed by atoms with Crippen molar-refractivity contribution in [2.75, 3.05) is 33.2 Å². The van der Waals surface area contributed by atoms with E-state index >= 15 is 0 Å². The van der Waals surface area contributed by atoms with E-state index in [1.807, 2.05) is 42.2 Å². The number of carbonyl (C=O) groups excluding carboxylic acids is 1. The lowest BCUT2D eigenvalue weighted by molar-refractivity contribution is -0.136. The van der Waals surface area contributed by atoms with E-state index in [1.165, 1.54) is 16.4 Å². The second-order valence-electron chi connectivity index (χ2n) is 7.37. The van der Waals surface area contributed by atoms with Gasteiger partial charge in [-0.15, -0.1) is 0 Å². The predicted octanol–water partition coefficient (Wildman–Crippen LogP) is 3.35. The molecule has 0 radical (unpaired) electrons. The fourth-order valence-electron chi connectivity index (χ4n) is 3.56. The fourth-order valence-corrected chi connectivity index (χ4v) is 5.71. The van der Waals surface area contributed by atoms with Crippen LogP contribution in [0.4, 0.5) is 0 Å². The Balaban J connectivity index is 1.61. The van der Waals surface area contributed by atoms with E-state index in [0.717, 1.165) is 5.56 Å². The van der Waals surface area contributed by atoms with Gasteiger partial charge in [-0.2, -0.15) is 4.31 Å². The van der Waals surface area contributed by atoms with Crippen molar-refractivity contribution in [2.45, 2.75) is 24.4 Å². The summed E-state index contributed by atoms with van der Waals surface area (Å²) in [6.07, 6.45) is 0. The zero-order valence-electron chi connectivity index (χ0n) is 17.0. The van der Waals surface area contributed by atoms with Crippen LogP contribution < -0.4 is 0 Å². The van der Waals surface area contributed by atoms with Crippen molar-refractivity contribution < 1.29 is 13.2 Å². The van der Waals surface area contributed by atoms with Crippen molar-refractivity contribution in [3.63, 3.8) is 0 Å². The Labute approximate surface area is 188 Å². The first-order valence-corrected chi connectivity index (χ1v) is 11.9. The summed E-state index contributed by atoms with van der Waals surface area (Å²) >= 11 is 12.1. The summed E-state index contributed by atoms with van der Waals surface area (Å²) in [7, 11) is -1.96. The van der Waals surface area contributed by atoms with E-state index in [0.29, 0.717) is 24.7 Å². The van der Waals surface area contributed by atoms with Crippen LogP contribution in [0.5, 0.6) is 0 Å². The third-order valence-electron chi connectivity index (χ3n) is 5.33. The number of nitrogens with zero attached hydrogens (tertiary/aromatic N) is 3. The summed E-state index contributed by atoms with van der Waals surface area (Å²) in [6, 6.07) is 13.9. The number of likely N-dealkylation sites (N-methyl/N-ethyl adjacent to an activating group) is 1. The maximum Gasteiger partial charge on any atom is 0.244 e. The maximum absolute atomic E-state index is 13.0. The molecule has 1 amide bonds. The molecule has 0 aromatic heterocycles. The van der Waals surface area contributed by atoms with Crippen LogP contribution in [-0.4, -0.2) is 67.7 Å². The van der Waals surface area contributed by atoms with Gasteiger partial charge < -0.3 is 4.90 Å². The minimum atomic E-state index is -3.75. The lowest BCUT2D eigenvalue weighted by Gasteiger charge is -2.38. The van der Waals surface area contributed by atoms with Crippen molar-refractivity contribution in [3.8, 4) is 0 Å². The summed E-state index contributed by atoms with van der Waals surface area (Å²) in [5.74, 6) is 0.00745. The highest BCUT2D eigenvalue weighted by molar-refractivity contribution is 7.89. The smallest absolute Gasteiger partial charge is 0.244 e. The maximum atomic E-state index is 13.0. The number of sulfonamides is 1. The molecular formula is C21H25Cl2N3O3S. The standard InChI is InChI=1S/C21H25Cl2N3O3S/c1-16(21(27)24(2)15-17-6-4-3-5-7-17)25-10-12-26(13-11-25)30(28,29)20-14-18(22)8-9-19(20)23/h3-9,14,16H,10-13,15H2,1-2H3/t16-/m0/s1. The van der Waals surface area contributed by atoms with Crippen molar-refractivity contribution in [1.82, 2.24) is 14.1 Å². The molecule has 6 nitrogen and oxygen atoms in total. The molecule has 0 unspecified atom stereocenters. The third-order valence-corrected chi connectivity index (χ3v) is 7.94. The van der Waals surface area contributed by atoms with Gasteiger partial charge in [-0.1, -0.05) is 53.5 Å². The van der Waals surface area contributed by atoms with Gasteiger partial charge in [-0.05, 0) is 30.7 Å². The van der Waals surface area contributed by atoms with Crippen molar-refractivity contribution in [3.05, 3.63) is 64.1 Å².